The van der Waals surface area contributed by atoms with Gasteiger partial charge in [-0.1, -0.05) is 48.0 Å². The molecule has 0 spiro atoms. The molecule has 0 amide bonds. The van der Waals surface area contributed by atoms with Crippen LogP contribution in [0, 0.1) is 0 Å². The Labute approximate surface area is 151 Å². The molecule has 2 aromatic carbocycles. The number of rotatable bonds is 3. The summed E-state index contributed by atoms with van der Waals surface area (Å²) in [5, 5.41) is 0.609. The number of esters is 1. The van der Waals surface area contributed by atoms with Gasteiger partial charge in [0.15, 0.2) is 6.23 Å². The number of halogens is 1. The summed E-state index contributed by atoms with van der Waals surface area (Å²) in [6, 6.07) is 15.6. The molecule has 0 fully saturated rings. The van der Waals surface area contributed by atoms with Gasteiger partial charge in [-0.2, -0.15) is 0 Å². The normalized spacial score (nSPS) is 21.0. The monoisotopic (exact) mass is 355 g/mol. The van der Waals surface area contributed by atoms with Crippen molar-refractivity contribution in [1.82, 2.24) is 0 Å². The number of nitrogens with zero attached hydrogens (tertiary/aromatic N) is 1. The molecule has 1 unspecified atom stereocenters. The van der Waals surface area contributed by atoms with Gasteiger partial charge in [-0.05, 0) is 24.6 Å². The number of hydrogen-bond donors (Lipinski definition) is 0. The van der Waals surface area contributed by atoms with E-state index in [0.29, 0.717) is 23.6 Å². The Kier molecular flexibility index (Phi) is 4.14. The summed E-state index contributed by atoms with van der Waals surface area (Å²) in [6.07, 6.45) is 2.31. The van der Waals surface area contributed by atoms with Crippen LogP contribution in [0.4, 0.5) is 5.69 Å². The zero-order chi connectivity index (χ0) is 17.4. The number of ether oxygens (including phenoxy) is 2. The minimum atomic E-state index is -0.296. The van der Waals surface area contributed by atoms with Crippen LogP contribution in [0.1, 0.15) is 24.8 Å². The van der Waals surface area contributed by atoms with Crippen LogP contribution in [-0.2, 0) is 9.53 Å². The predicted molar refractivity (Wildman–Crippen MR) is 96.9 cm³/mol. The maximum absolute atomic E-state index is 12.6. The van der Waals surface area contributed by atoms with E-state index in [1.54, 1.807) is 0 Å². The fourth-order valence-corrected chi connectivity index (χ4v) is 3.74. The Balaban J connectivity index is 1.78. The molecule has 0 radical (unpaired) electrons. The molecule has 2 heterocycles. The van der Waals surface area contributed by atoms with Crippen molar-refractivity contribution in [2.75, 3.05) is 11.5 Å². The first-order valence-corrected chi connectivity index (χ1v) is 8.74. The van der Waals surface area contributed by atoms with Crippen LogP contribution in [0.15, 0.2) is 60.3 Å². The third-order valence-electron chi connectivity index (χ3n) is 4.59. The third-order valence-corrected chi connectivity index (χ3v) is 4.89. The van der Waals surface area contributed by atoms with E-state index in [0.717, 1.165) is 17.0 Å². The van der Waals surface area contributed by atoms with E-state index in [4.69, 9.17) is 21.1 Å². The zero-order valence-corrected chi connectivity index (χ0v) is 14.6. The second-order valence-corrected chi connectivity index (χ2v) is 6.48. The smallest absolute Gasteiger partial charge is 0.336 e. The van der Waals surface area contributed by atoms with Crippen LogP contribution in [0.25, 0.3) is 0 Å². The van der Waals surface area contributed by atoms with Crippen molar-refractivity contribution in [3.05, 3.63) is 70.9 Å². The van der Waals surface area contributed by atoms with Crippen LogP contribution in [0.3, 0.4) is 0 Å². The van der Waals surface area contributed by atoms with Crippen molar-refractivity contribution in [3.63, 3.8) is 0 Å². The topological polar surface area (TPSA) is 38.8 Å². The maximum Gasteiger partial charge on any atom is 0.336 e. The predicted octanol–water partition coefficient (Wildman–Crippen LogP) is 4.50. The van der Waals surface area contributed by atoms with Crippen LogP contribution in [0.5, 0.6) is 5.75 Å². The molecule has 2 aromatic rings. The highest BCUT2D eigenvalue weighted by Gasteiger charge is 2.41. The summed E-state index contributed by atoms with van der Waals surface area (Å²) in [7, 11) is 0. The highest BCUT2D eigenvalue weighted by Crippen LogP contribution is 2.48. The van der Waals surface area contributed by atoms with E-state index >= 15 is 0 Å². The van der Waals surface area contributed by atoms with Gasteiger partial charge >= 0.3 is 5.97 Å². The van der Waals surface area contributed by atoms with Gasteiger partial charge in [0, 0.05) is 18.5 Å². The quantitative estimate of drug-likeness (QED) is 0.760. The Morgan fingerprint density at radius 2 is 2.04 bits per heavy atom. The largest absolute Gasteiger partial charge is 0.468 e. The minimum absolute atomic E-state index is 0.0745. The Morgan fingerprint density at radius 3 is 2.80 bits per heavy atom. The van der Waals surface area contributed by atoms with Crippen molar-refractivity contribution in [2.45, 2.75) is 25.5 Å². The number of fused-ring (bicyclic) bond motifs is 3. The van der Waals surface area contributed by atoms with E-state index in [1.165, 1.54) is 0 Å². The van der Waals surface area contributed by atoms with Gasteiger partial charge in [-0.3, -0.25) is 0 Å². The summed E-state index contributed by atoms with van der Waals surface area (Å²) in [5.41, 5.74) is 2.51. The molecule has 5 heteroatoms. The van der Waals surface area contributed by atoms with Crippen LogP contribution in [0.2, 0.25) is 5.02 Å². The summed E-state index contributed by atoms with van der Waals surface area (Å²) < 4.78 is 11.4. The van der Waals surface area contributed by atoms with E-state index in [-0.39, 0.29) is 18.1 Å². The summed E-state index contributed by atoms with van der Waals surface area (Å²) in [5.74, 6) is 0.371. The SMILES string of the molecule is CCOC(=O)C1=CN2c3c(Cl)cccc3OC2C[C@H]1c1ccccc1. The second kappa shape index (κ2) is 6.45. The van der Waals surface area contributed by atoms with E-state index in [1.807, 2.05) is 66.6 Å². The number of benzene rings is 2. The standard InChI is InChI=1S/C20H18ClNO3/c1-2-24-20(23)15-12-22-18(11-14(15)13-7-4-3-5-8-13)25-17-10-6-9-16(21)19(17)22/h3-10,12,14,18H,2,11H2,1H3/t14-,18?/m0/s1. The number of para-hydroxylation sites is 1. The molecule has 128 valence electrons. The molecule has 0 saturated carbocycles. The van der Waals surface area contributed by atoms with Crippen molar-refractivity contribution < 1.29 is 14.3 Å². The molecule has 0 aliphatic carbocycles. The molecule has 0 N–H and O–H groups in total. The first-order valence-electron chi connectivity index (χ1n) is 8.36. The first kappa shape index (κ1) is 16.0. The molecule has 25 heavy (non-hydrogen) atoms. The molecule has 4 nitrogen and oxygen atoms in total. The zero-order valence-electron chi connectivity index (χ0n) is 13.8. The van der Waals surface area contributed by atoms with Crippen molar-refractivity contribution in [3.8, 4) is 5.75 Å². The molecule has 2 atom stereocenters. The van der Waals surface area contributed by atoms with E-state index < -0.39 is 0 Å². The fourth-order valence-electron chi connectivity index (χ4n) is 3.48. The molecule has 2 aliphatic rings. The summed E-state index contributed by atoms with van der Waals surface area (Å²) in [6.45, 7) is 2.15. The third kappa shape index (κ3) is 2.76. The molecular formula is C20H18ClNO3. The van der Waals surface area contributed by atoms with Crippen molar-refractivity contribution >= 4 is 23.3 Å². The lowest BCUT2D eigenvalue weighted by molar-refractivity contribution is -0.139. The van der Waals surface area contributed by atoms with Gasteiger partial charge in [-0.15, -0.1) is 0 Å². The maximum atomic E-state index is 12.6. The summed E-state index contributed by atoms with van der Waals surface area (Å²) in [4.78, 5) is 14.5. The Bertz CT molecular complexity index is 834. The Morgan fingerprint density at radius 1 is 1.24 bits per heavy atom. The van der Waals surface area contributed by atoms with E-state index in [9.17, 15) is 4.79 Å². The van der Waals surface area contributed by atoms with Gasteiger partial charge < -0.3 is 14.4 Å². The summed E-state index contributed by atoms with van der Waals surface area (Å²) >= 11 is 6.36. The number of carbonyl (C=O) groups excluding carboxylic acids is 1. The first-order chi connectivity index (χ1) is 12.2. The molecular weight excluding hydrogens is 338 g/mol. The minimum Gasteiger partial charge on any atom is -0.468 e. The van der Waals surface area contributed by atoms with Crippen LogP contribution >= 0.6 is 11.6 Å². The highest BCUT2D eigenvalue weighted by atomic mass is 35.5. The average molecular weight is 356 g/mol. The van der Waals surface area contributed by atoms with Crippen LogP contribution in [-0.4, -0.2) is 18.8 Å². The second-order valence-electron chi connectivity index (χ2n) is 6.07. The van der Waals surface area contributed by atoms with Gasteiger partial charge in [0.2, 0.25) is 0 Å². The molecule has 0 bridgehead atoms. The van der Waals surface area contributed by atoms with Crippen molar-refractivity contribution in [2.24, 2.45) is 0 Å². The number of carbonyl (C=O) groups is 1. The van der Waals surface area contributed by atoms with Crippen molar-refractivity contribution in [1.29, 1.82) is 0 Å². The molecule has 0 saturated heterocycles. The fraction of sp³-hybridized carbons (Fsp3) is 0.250. The molecule has 2 aliphatic heterocycles. The number of hydrogen-bond acceptors (Lipinski definition) is 4. The lowest BCUT2D eigenvalue weighted by Gasteiger charge is -2.33. The van der Waals surface area contributed by atoms with Gasteiger partial charge in [0.25, 0.3) is 0 Å². The van der Waals surface area contributed by atoms with Gasteiger partial charge in [-0.25, -0.2) is 4.79 Å². The average Bonchev–Trinajstić information content (AvgIpc) is 3.00. The Hall–Kier alpha value is -2.46. The molecule has 4 rings (SSSR count). The lowest BCUT2D eigenvalue weighted by Crippen LogP contribution is -2.38. The van der Waals surface area contributed by atoms with E-state index in [2.05, 4.69) is 0 Å². The number of anilines is 1. The highest BCUT2D eigenvalue weighted by molar-refractivity contribution is 6.33. The lowest BCUT2D eigenvalue weighted by atomic mass is 9.85. The van der Waals surface area contributed by atoms with Crippen LogP contribution < -0.4 is 9.64 Å². The van der Waals surface area contributed by atoms with Gasteiger partial charge in [0.1, 0.15) is 11.4 Å². The van der Waals surface area contributed by atoms with Gasteiger partial charge in [0.05, 0.1) is 17.2 Å². The molecule has 0 aromatic heterocycles.